The van der Waals surface area contributed by atoms with Crippen LogP contribution in [-0.2, 0) is 52.3 Å². The Kier molecular flexibility index (Phi) is 25.8. The molecule has 362 valence electrons. The van der Waals surface area contributed by atoms with E-state index in [9.17, 15) is 29.4 Å². The normalized spacial score (nSPS) is 12.7. The summed E-state index contributed by atoms with van der Waals surface area (Å²) in [6.45, 7) is 20.4. The predicted molar refractivity (Wildman–Crippen MR) is 260 cm³/mol. The van der Waals surface area contributed by atoms with E-state index in [1.165, 1.54) is 51.4 Å². The Hall–Kier alpha value is -4.08. The summed E-state index contributed by atoms with van der Waals surface area (Å²) in [6, 6.07) is 7.70. The first-order valence-electron chi connectivity index (χ1n) is 24.9. The van der Waals surface area contributed by atoms with E-state index in [1.807, 2.05) is 79.7 Å². The standard InChI is InChI=1S/C54H88N2O8/c1-11-13-15-17-19-21-23-25-27-43(63-47(57)31-29-41-33-39(3)49(59)45(35-41)53(5,6)7)37-55-51(61)52(62)56-38-44(28-26-24-22-20-18-16-14-12-2)64-48(58)32-30-42-34-40(4)50(60)46(36-42)54(8,9)10/h33-36,43-44,59-60H,11-32,37-38H2,1-10H3,(H,55,61)(H,56,62). The number of phenolic OH excluding ortho intramolecular Hbond substituents is 2. The van der Waals surface area contributed by atoms with Gasteiger partial charge in [0.05, 0.1) is 13.1 Å². The van der Waals surface area contributed by atoms with Gasteiger partial charge in [0, 0.05) is 12.8 Å². The topological polar surface area (TPSA) is 151 Å². The number of amides is 2. The molecule has 0 heterocycles. The fourth-order valence-corrected chi connectivity index (χ4v) is 8.11. The van der Waals surface area contributed by atoms with Gasteiger partial charge in [-0.25, -0.2) is 0 Å². The quantitative estimate of drug-likeness (QED) is 0.0344. The van der Waals surface area contributed by atoms with Gasteiger partial charge in [0.25, 0.3) is 0 Å². The van der Waals surface area contributed by atoms with Crippen LogP contribution in [0.25, 0.3) is 0 Å². The van der Waals surface area contributed by atoms with Crippen LogP contribution in [0.1, 0.15) is 217 Å². The van der Waals surface area contributed by atoms with Gasteiger partial charge in [0.1, 0.15) is 23.7 Å². The van der Waals surface area contributed by atoms with Crippen molar-refractivity contribution in [3.05, 3.63) is 57.6 Å². The molecule has 10 nitrogen and oxygen atoms in total. The van der Waals surface area contributed by atoms with Crippen LogP contribution in [0.5, 0.6) is 11.5 Å². The number of aryl methyl sites for hydroxylation is 4. The molecule has 2 atom stereocenters. The van der Waals surface area contributed by atoms with Gasteiger partial charge in [0.2, 0.25) is 0 Å². The first-order valence-corrected chi connectivity index (χ1v) is 24.9. The number of aromatic hydroxyl groups is 2. The number of rotatable bonds is 30. The van der Waals surface area contributed by atoms with Crippen molar-refractivity contribution in [2.45, 2.75) is 234 Å². The lowest BCUT2D eigenvalue weighted by molar-refractivity contribution is -0.151. The monoisotopic (exact) mass is 893 g/mol. The number of benzene rings is 2. The third-order valence-electron chi connectivity index (χ3n) is 12.1. The molecule has 2 rings (SSSR count). The molecule has 10 heteroatoms. The van der Waals surface area contributed by atoms with Crippen LogP contribution in [0, 0.1) is 13.8 Å². The second kappa shape index (κ2) is 29.5. The number of esters is 2. The van der Waals surface area contributed by atoms with Gasteiger partial charge in [-0.2, -0.15) is 0 Å². The molecular formula is C54H88N2O8. The largest absolute Gasteiger partial charge is 0.507 e. The summed E-state index contributed by atoms with van der Waals surface area (Å²) in [5.41, 5.74) is 4.54. The van der Waals surface area contributed by atoms with Gasteiger partial charge in [-0.05, 0) is 96.6 Å². The Morgan fingerprint density at radius 2 is 0.828 bits per heavy atom. The van der Waals surface area contributed by atoms with Crippen LogP contribution in [0.4, 0.5) is 0 Å². The lowest BCUT2D eigenvalue weighted by Crippen LogP contribution is -2.45. The van der Waals surface area contributed by atoms with Crippen molar-refractivity contribution in [3.8, 4) is 11.5 Å². The third kappa shape index (κ3) is 22.2. The van der Waals surface area contributed by atoms with Crippen LogP contribution in [0.2, 0.25) is 0 Å². The molecule has 64 heavy (non-hydrogen) atoms. The SMILES string of the molecule is CCCCCCCCCCC(CNC(=O)C(=O)NCC(CCCCCCCCCC)OC(=O)CCc1cc(C)c(O)c(C(C)(C)C)c1)OC(=O)CCc1cc(C)c(O)c(C(C)(C)C)c1. The van der Waals surface area contributed by atoms with Crippen molar-refractivity contribution >= 4 is 23.8 Å². The molecule has 0 bridgehead atoms. The molecule has 2 unspecified atom stereocenters. The van der Waals surface area contributed by atoms with Gasteiger partial charge in [-0.3, -0.25) is 19.2 Å². The maximum absolute atomic E-state index is 13.2. The molecule has 0 fully saturated rings. The van der Waals surface area contributed by atoms with Crippen LogP contribution < -0.4 is 10.6 Å². The average Bonchev–Trinajstić information content (AvgIpc) is 3.23. The predicted octanol–water partition coefficient (Wildman–Crippen LogP) is 12.0. The van der Waals surface area contributed by atoms with Crippen LogP contribution in [0.15, 0.2) is 24.3 Å². The van der Waals surface area contributed by atoms with Crippen molar-refractivity contribution in [2.24, 2.45) is 0 Å². The van der Waals surface area contributed by atoms with E-state index in [-0.39, 0.29) is 60.2 Å². The van der Waals surface area contributed by atoms with E-state index in [1.54, 1.807) is 0 Å². The number of carbonyl (C=O) groups is 4. The minimum atomic E-state index is -0.833. The molecule has 0 aliphatic rings. The van der Waals surface area contributed by atoms with E-state index in [4.69, 9.17) is 9.47 Å². The van der Waals surface area contributed by atoms with Crippen molar-refractivity contribution in [1.82, 2.24) is 10.6 Å². The molecule has 0 aliphatic heterocycles. The number of hydrogen-bond donors (Lipinski definition) is 4. The van der Waals surface area contributed by atoms with E-state index >= 15 is 0 Å². The van der Waals surface area contributed by atoms with Crippen LogP contribution in [0.3, 0.4) is 0 Å². The Labute approximate surface area is 387 Å². The van der Waals surface area contributed by atoms with Gasteiger partial charge < -0.3 is 30.3 Å². The fourth-order valence-electron chi connectivity index (χ4n) is 8.11. The fraction of sp³-hybridized carbons (Fsp3) is 0.704. The zero-order valence-corrected chi connectivity index (χ0v) is 41.8. The van der Waals surface area contributed by atoms with Crippen molar-refractivity contribution in [1.29, 1.82) is 0 Å². The van der Waals surface area contributed by atoms with Gasteiger partial charge in [0.15, 0.2) is 0 Å². The number of nitrogens with one attached hydrogen (secondary N) is 2. The van der Waals surface area contributed by atoms with Crippen LogP contribution >= 0.6 is 0 Å². The maximum atomic E-state index is 13.2. The van der Waals surface area contributed by atoms with E-state index < -0.39 is 24.0 Å². The summed E-state index contributed by atoms with van der Waals surface area (Å²) in [4.78, 5) is 52.8. The van der Waals surface area contributed by atoms with E-state index in [0.717, 1.165) is 84.7 Å². The van der Waals surface area contributed by atoms with Crippen molar-refractivity contribution in [3.63, 3.8) is 0 Å². The summed E-state index contributed by atoms with van der Waals surface area (Å²) < 4.78 is 11.9. The van der Waals surface area contributed by atoms with Gasteiger partial charge in [-0.15, -0.1) is 0 Å². The molecule has 0 spiro atoms. The highest BCUT2D eigenvalue weighted by Crippen LogP contribution is 2.35. The molecule has 2 aromatic rings. The number of hydrogen-bond acceptors (Lipinski definition) is 8. The molecule has 0 aliphatic carbocycles. The van der Waals surface area contributed by atoms with Crippen LogP contribution in [-0.4, -0.2) is 59.3 Å². The Morgan fingerprint density at radius 1 is 0.516 bits per heavy atom. The Balaban J connectivity index is 2.05. The molecule has 0 saturated carbocycles. The van der Waals surface area contributed by atoms with E-state index in [2.05, 4.69) is 24.5 Å². The third-order valence-corrected chi connectivity index (χ3v) is 12.1. The minimum absolute atomic E-state index is 0.00527. The zero-order valence-electron chi connectivity index (χ0n) is 41.8. The summed E-state index contributed by atoms with van der Waals surface area (Å²) in [5, 5.41) is 26.7. The lowest BCUT2D eigenvalue weighted by atomic mass is 9.83. The number of carbonyl (C=O) groups excluding carboxylic acids is 4. The number of phenols is 2. The van der Waals surface area contributed by atoms with Gasteiger partial charge >= 0.3 is 23.8 Å². The summed E-state index contributed by atoms with van der Waals surface area (Å²) in [7, 11) is 0. The smallest absolute Gasteiger partial charge is 0.309 e. The molecule has 0 aromatic heterocycles. The molecule has 0 radical (unpaired) electrons. The maximum Gasteiger partial charge on any atom is 0.309 e. The highest BCUT2D eigenvalue weighted by atomic mass is 16.5. The zero-order chi connectivity index (χ0) is 47.7. The Bertz CT molecular complexity index is 1600. The number of ether oxygens (including phenoxy) is 2. The lowest BCUT2D eigenvalue weighted by Gasteiger charge is -2.23. The average molecular weight is 893 g/mol. The number of unbranched alkanes of at least 4 members (excludes halogenated alkanes) is 14. The van der Waals surface area contributed by atoms with Crippen molar-refractivity contribution in [2.75, 3.05) is 13.1 Å². The minimum Gasteiger partial charge on any atom is -0.507 e. The molecular weight excluding hydrogens is 805 g/mol. The Morgan fingerprint density at radius 3 is 1.14 bits per heavy atom. The summed E-state index contributed by atoms with van der Waals surface area (Å²) in [6.07, 6.45) is 19.1. The summed E-state index contributed by atoms with van der Waals surface area (Å²) in [5.74, 6) is -1.88. The first kappa shape index (κ1) is 56.1. The highest BCUT2D eigenvalue weighted by Gasteiger charge is 2.24. The molecule has 0 saturated heterocycles. The molecule has 4 N–H and O–H groups in total. The second-order valence-corrected chi connectivity index (χ2v) is 20.3. The molecule has 2 amide bonds. The molecule has 2 aromatic carbocycles. The highest BCUT2D eigenvalue weighted by molar-refractivity contribution is 6.35. The second-order valence-electron chi connectivity index (χ2n) is 20.3. The van der Waals surface area contributed by atoms with Crippen molar-refractivity contribution < 1.29 is 38.9 Å². The first-order chi connectivity index (χ1) is 30.3. The summed E-state index contributed by atoms with van der Waals surface area (Å²) >= 11 is 0. The van der Waals surface area contributed by atoms with Gasteiger partial charge in [-0.1, -0.05) is 170 Å². The van der Waals surface area contributed by atoms with E-state index in [0.29, 0.717) is 25.7 Å².